The third kappa shape index (κ3) is 2.67. The van der Waals surface area contributed by atoms with Crippen LogP contribution in [0.4, 0.5) is 5.69 Å². The lowest BCUT2D eigenvalue weighted by Crippen LogP contribution is -2.22. The second-order valence-corrected chi connectivity index (χ2v) is 5.72. The molecule has 1 fully saturated rings. The van der Waals surface area contributed by atoms with Gasteiger partial charge in [-0.2, -0.15) is 0 Å². The zero-order valence-electron chi connectivity index (χ0n) is 11.4. The summed E-state index contributed by atoms with van der Waals surface area (Å²) < 4.78 is 0. The smallest absolute Gasteiger partial charge is 0.0572 e. The van der Waals surface area contributed by atoms with Gasteiger partial charge in [0.05, 0.1) is 6.04 Å². The lowest BCUT2D eigenvalue weighted by Gasteiger charge is -2.25. The highest BCUT2D eigenvalue weighted by molar-refractivity contribution is 6.30. The molecule has 3 rings (SSSR count). The maximum absolute atomic E-state index is 6.47. The fourth-order valence-electron chi connectivity index (χ4n) is 2.85. The van der Waals surface area contributed by atoms with Crippen molar-refractivity contribution in [1.29, 1.82) is 0 Å². The summed E-state index contributed by atoms with van der Waals surface area (Å²) in [6.45, 7) is 2.18. The second kappa shape index (κ2) is 5.86. The van der Waals surface area contributed by atoms with E-state index in [4.69, 9.17) is 17.3 Å². The van der Waals surface area contributed by atoms with Crippen LogP contribution in [0.15, 0.2) is 48.5 Å². The topological polar surface area (TPSA) is 29.3 Å². The highest BCUT2D eigenvalue weighted by Crippen LogP contribution is 2.33. The van der Waals surface area contributed by atoms with E-state index in [0.717, 1.165) is 29.2 Å². The minimum absolute atomic E-state index is 0.107. The van der Waals surface area contributed by atoms with E-state index in [9.17, 15) is 0 Å². The molecule has 0 amide bonds. The van der Waals surface area contributed by atoms with E-state index in [1.165, 1.54) is 18.5 Å². The molecule has 2 nitrogen and oxygen atoms in total. The summed E-state index contributed by atoms with van der Waals surface area (Å²) in [6, 6.07) is 16.2. The van der Waals surface area contributed by atoms with Crippen molar-refractivity contribution in [3.63, 3.8) is 0 Å². The van der Waals surface area contributed by atoms with Crippen molar-refractivity contribution in [2.75, 3.05) is 18.0 Å². The third-order valence-corrected chi connectivity index (χ3v) is 4.17. The van der Waals surface area contributed by atoms with Gasteiger partial charge >= 0.3 is 0 Å². The fraction of sp³-hybridized carbons (Fsp3) is 0.294. The van der Waals surface area contributed by atoms with E-state index in [-0.39, 0.29) is 6.04 Å². The summed E-state index contributed by atoms with van der Waals surface area (Å²) in [7, 11) is 0. The van der Waals surface area contributed by atoms with Gasteiger partial charge in [-0.05, 0) is 36.1 Å². The average molecular weight is 287 g/mol. The Morgan fingerprint density at radius 1 is 1.00 bits per heavy atom. The first-order valence-corrected chi connectivity index (χ1v) is 7.48. The first kappa shape index (κ1) is 13.5. The number of rotatable bonds is 3. The molecule has 1 saturated heterocycles. The molecule has 0 bridgehead atoms. The largest absolute Gasteiger partial charge is 0.371 e. The van der Waals surface area contributed by atoms with Gasteiger partial charge in [-0.15, -0.1) is 0 Å². The molecule has 20 heavy (non-hydrogen) atoms. The van der Waals surface area contributed by atoms with Gasteiger partial charge in [0.1, 0.15) is 0 Å². The number of hydrogen-bond donors (Lipinski definition) is 1. The predicted octanol–water partition coefficient (Wildman–Crippen LogP) is 3.99. The molecule has 1 atom stereocenters. The van der Waals surface area contributed by atoms with Gasteiger partial charge in [0, 0.05) is 23.8 Å². The molecular formula is C17H19ClN2. The summed E-state index contributed by atoms with van der Waals surface area (Å²) in [5.74, 6) is 0. The first-order chi connectivity index (χ1) is 9.75. The Kier molecular flexibility index (Phi) is 3.95. The van der Waals surface area contributed by atoms with Crippen molar-refractivity contribution < 1.29 is 0 Å². The van der Waals surface area contributed by atoms with Crippen molar-refractivity contribution in [3.05, 3.63) is 64.7 Å². The van der Waals surface area contributed by atoms with Gasteiger partial charge in [0.25, 0.3) is 0 Å². The van der Waals surface area contributed by atoms with E-state index in [2.05, 4.69) is 23.1 Å². The number of benzene rings is 2. The highest BCUT2D eigenvalue weighted by Gasteiger charge is 2.20. The van der Waals surface area contributed by atoms with E-state index < -0.39 is 0 Å². The Hall–Kier alpha value is -1.51. The quantitative estimate of drug-likeness (QED) is 0.924. The summed E-state index contributed by atoms with van der Waals surface area (Å²) in [6.07, 6.45) is 2.49. The number of hydrogen-bond acceptors (Lipinski definition) is 2. The van der Waals surface area contributed by atoms with E-state index >= 15 is 0 Å². The van der Waals surface area contributed by atoms with Crippen LogP contribution in [0.1, 0.15) is 30.0 Å². The Bertz CT molecular complexity index is 577. The van der Waals surface area contributed by atoms with Crippen LogP contribution in [-0.4, -0.2) is 13.1 Å². The summed E-state index contributed by atoms with van der Waals surface area (Å²) in [5.41, 5.74) is 9.94. The maximum Gasteiger partial charge on any atom is 0.0572 e. The van der Waals surface area contributed by atoms with Crippen LogP contribution in [0, 0.1) is 0 Å². The van der Waals surface area contributed by atoms with Crippen molar-refractivity contribution in [1.82, 2.24) is 0 Å². The minimum atomic E-state index is -0.107. The van der Waals surface area contributed by atoms with Crippen LogP contribution in [0.5, 0.6) is 0 Å². The summed E-state index contributed by atoms with van der Waals surface area (Å²) >= 11 is 6.18. The maximum atomic E-state index is 6.47. The minimum Gasteiger partial charge on any atom is -0.371 e. The van der Waals surface area contributed by atoms with Gasteiger partial charge < -0.3 is 10.6 Å². The number of nitrogens with two attached hydrogens (primary N) is 1. The van der Waals surface area contributed by atoms with Crippen molar-refractivity contribution in [3.8, 4) is 0 Å². The molecule has 104 valence electrons. The molecule has 0 spiro atoms. The molecule has 3 heteroatoms. The molecule has 2 aromatic carbocycles. The van der Waals surface area contributed by atoms with Gasteiger partial charge in [0.2, 0.25) is 0 Å². The molecule has 1 unspecified atom stereocenters. The fourth-order valence-corrected chi connectivity index (χ4v) is 3.02. The molecule has 2 aromatic rings. The molecule has 1 aliphatic rings. The zero-order valence-corrected chi connectivity index (χ0v) is 12.2. The second-order valence-electron chi connectivity index (χ2n) is 5.29. The molecule has 0 radical (unpaired) electrons. The van der Waals surface area contributed by atoms with E-state index in [1.807, 2.05) is 30.3 Å². The lowest BCUT2D eigenvalue weighted by molar-refractivity contribution is 0.850. The number of halogens is 1. The van der Waals surface area contributed by atoms with E-state index in [0.29, 0.717) is 0 Å². The van der Waals surface area contributed by atoms with Crippen molar-refractivity contribution >= 4 is 17.3 Å². The molecule has 1 heterocycles. The van der Waals surface area contributed by atoms with Crippen LogP contribution in [0.25, 0.3) is 0 Å². The summed E-state index contributed by atoms with van der Waals surface area (Å²) in [4.78, 5) is 2.39. The van der Waals surface area contributed by atoms with Gasteiger partial charge in [0.15, 0.2) is 0 Å². The molecule has 1 aliphatic heterocycles. The van der Waals surface area contributed by atoms with Gasteiger partial charge in [-0.3, -0.25) is 0 Å². The number of anilines is 1. The summed E-state index contributed by atoms with van der Waals surface area (Å²) in [5, 5.41) is 0.774. The number of nitrogens with zero attached hydrogens (tertiary/aromatic N) is 1. The lowest BCUT2D eigenvalue weighted by atomic mass is 9.97. The molecule has 0 aliphatic carbocycles. The average Bonchev–Trinajstić information content (AvgIpc) is 3.01. The van der Waals surface area contributed by atoms with Crippen molar-refractivity contribution in [2.45, 2.75) is 18.9 Å². The SMILES string of the molecule is NC(c1ccccc1)c1ccc(Cl)cc1N1CCCC1. The van der Waals surface area contributed by atoms with Crippen LogP contribution < -0.4 is 10.6 Å². The van der Waals surface area contributed by atoms with Crippen LogP contribution in [0.3, 0.4) is 0 Å². The van der Waals surface area contributed by atoms with Gasteiger partial charge in [-0.1, -0.05) is 48.0 Å². The third-order valence-electron chi connectivity index (χ3n) is 3.93. The predicted molar refractivity (Wildman–Crippen MR) is 85.4 cm³/mol. The highest BCUT2D eigenvalue weighted by atomic mass is 35.5. The molecule has 0 saturated carbocycles. The normalized spacial score (nSPS) is 16.4. The standard InChI is InChI=1S/C17H19ClN2/c18-14-8-9-15(16(12-14)20-10-4-5-11-20)17(19)13-6-2-1-3-7-13/h1-3,6-9,12,17H,4-5,10-11,19H2. The molecule has 0 aromatic heterocycles. The van der Waals surface area contributed by atoms with Crippen LogP contribution in [-0.2, 0) is 0 Å². The Morgan fingerprint density at radius 3 is 2.40 bits per heavy atom. The first-order valence-electron chi connectivity index (χ1n) is 7.10. The van der Waals surface area contributed by atoms with E-state index in [1.54, 1.807) is 0 Å². The molecule has 2 N–H and O–H groups in total. The Balaban J connectivity index is 2.00. The monoisotopic (exact) mass is 286 g/mol. The van der Waals surface area contributed by atoms with Crippen LogP contribution in [0.2, 0.25) is 5.02 Å². The molecular weight excluding hydrogens is 268 g/mol. The van der Waals surface area contributed by atoms with Crippen molar-refractivity contribution in [2.24, 2.45) is 5.73 Å². The van der Waals surface area contributed by atoms with Crippen LogP contribution >= 0.6 is 11.6 Å². The van der Waals surface area contributed by atoms with Gasteiger partial charge in [-0.25, -0.2) is 0 Å². The Morgan fingerprint density at radius 2 is 1.70 bits per heavy atom. The zero-order chi connectivity index (χ0) is 13.9. The Labute approximate surface area is 125 Å².